The first-order valence-electron chi connectivity index (χ1n) is 7.76. The molecule has 0 unspecified atom stereocenters. The maximum absolute atomic E-state index is 12.2. The third-order valence-corrected chi connectivity index (χ3v) is 4.04. The van der Waals surface area contributed by atoms with Crippen LogP contribution in [0.3, 0.4) is 0 Å². The molecule has 1 aliphatic heterocycles. The van der Waals surface area contributed by atoms with Crippen LogP contribution in [0.2, 0.25) is 5.82 Å². The average molecular weight is 358 g/mol. The van der Waals surface area contributed by atoms with Crippen LogP contribution in [-0.4, -0.2) is 49.7 Å². The first kappa shape index (κ1) is 17.6. The van der Waals surface area contributed by atoms with Crippen molar-refractivity contribution in [3.8, 4) is 5.75 Å². The molecule has 0 fully saturated rings. The predicted octanol–water partition coefficient (Wildman–Crippen LogP) is -0.480. The van der Waals surface area contributed by atoms with Crippen LogP contribution in [0.5, 0.6) is 5.75 Å². The molecular weight excluding hydrogens is 343 g/mol. The summed E-state index contributed by atoms with van der Waals surface area (Å²) in [6.07, 6.45) is 1.51. The number of para-hydroxylation sites is 1. The molecule has 134 valence electrons. The fourth-order valence-electron chi connectivity index (χ4n) is 2.85. The molecule has 1 aliphatic rings. The van der Waals surface area contributed by atoms with Gasteiger partial charge in [-0.15, -0.1) is 5.10 Å². The predicted molar refractivity (Wildman–Crippen MR) is 87.6 cm³/mol. The molecule has 1 aromatic heterocycles. The average Bonchev–Trinajstić information content (AvgIpc) is 3.03. The van der Waals surface area contributed by atoms with Crippen molar-refractivity contribution in [3.05, 3.63) is 41.5 Å². The quantitative estimate of drug-likeness (QED) is 0.584. The molecule has 2 heterocycles. The smallest absolute Gasteiger partial charge is 0.526 e. The van der Waals surface area contributed by atoms with Gasteiger partial charge in [0.05, 0.1) is 5.56 Å². The number of amides is 1. The van der Waals surface area contributed by atoms with Crippen molar-refractivity contribution in [2.45, 2.75) is 25.2 Å². The molecule has 1 aromatic carbocycles. The molecule has 4 N–H and O–H groups in total. The number of carboxylic acid groups (broad SMARTS) is 1. The Labute approximate surface area is 147 Å². The maximum atomic E-state index is 12.2. The van der Waals surface area contributed by atoms with Gasteiger partial charge >= 0.3 is 13.1 Å². The van der Waals surface area contributed by atoms with Crippen LogP contribution in [0.4, 0.5) is 0 Å². The number of carbonyl (C=O) groups is 3. The van der Waals surface area contributed by atoms with Gasteiger partial charge in [-0.3, -0.25) is 9.59 Å². The zero-order valence-electron chi connectivity index (χ0n) is 13.5. The number of fused-ring (bicyclic) bond motifs is 1. The largest absolute Gasteiger partial charge is 0.535 e. The van der Waals surface area contributed by atoms with Crippen molar-refractivity contribution < 1.29 is 29.2 Å². The number of benzene rings is 1. The Bertz CT molecular complexity index is 883. The highest BCUT2D eigenvalue weighted by molar-refractivity contribution is 6.47. The van der Waals surface area contributed by atoms with Crippen LogP contribution in [0.25, 0.3) is 0 Å². The summed E-state index contributed by atoms with van der Waals surface area (Å²) in [6, 6.07) is 4.67. The first-order chi connectivity index (χ1) is 12.3. The van der Waals surface area contributed by atoms with E-state index in [0.717, 1.165) is 0 Å². The lowest BCUT2D eigenvalue weighted by atomic mass is 9.64. The lowest BCUT2D eigenvalue weighted by Crippen LogP contribution is -2.36. The molecule has 0 spiro atoms. The number of Topliss-reactive ketones (excluding diaryl/α,β-unsaturated/α-hetero) is 1. The third-order valence-electron chi connectivity index (χ3n) is 4.04. The highest BCUT2D eigenvalue weighted by atomic mass is 16.5. The van der Waals surface area contributed by atoms with E-state index in [1.165, 1.54) is 17.1 Å². The van der Waals surface area contributed by atoms with E-state index in [1.807, 2.05) is 0 Å². The second kappa shape index (κ2) is 6.96. The molecule has 0 saturated heterocycles. The molecule has 0 bridgehead atoms. The summed E-state index contributed by atoms with van der Waals surface area (Å²) in [4.78, 5) is 38.1. The van der Waals surface area contributed by atoms with Gasteiger partial charge in [0.2, 0.25) is 5.82 Å². The van der Waals surface area contributed by atoms with Crippen molar-refractivity contribution in [2.75, 3.05) is 0 Å². The summed E-state index contributed by atoms with van der Waals surface area (Å²) >= 11 is 0. The second-order valence-corrected chi connectivity index (χ2v) is 5.94. The lowest BCUT2D eigenvalue weighted by molar-refractivity contribution is -0.120. The first-order valence-corrected chi connectivity index (χ1v) is 7.76. The molecule has 0 saturated carbocycles. The summed E-state index contributed by atoms with van der Waals surface area (Å²) in [5, 5.41) is 23.1. The van der Waals surface area contributed by atoms with Crippen molar-refractivity contribution >= 4 is 24.8 Å². The number of hydrogen-bond donors (Lipinski definition) is 3. The molecule has 11 heteroatoms. The number of primary amides is 1. The monoisotopic (exact) mass is 358 g/mol. The topological polar surface area (TPSA) is 158 Å². The Hall–Kier alpha value is -3.21. The number of ketones is 1. The molecule has 10 nitrogen and oxygen atoms in total. The Kier molecular flexibility index (Phi) is 4.72. The molecular formula is C15H15BN4O6. The van der Waals surface area contributed by atoms with Crippen molar-refractivity contribution in [3.63, 3.8) is 0 Å². The van der Waals surface area contributed by atoms with E-state index >= 15 is 0 Å². The van der Waals surface area contributed by atoms with Gasteiger partial charge in [-0.25, -0.2) is 14.5 Å². The van der Waals surface area contributed by atoms with Gasteiger partial charge in [0.25, 0.3) is 5.91 Å². The van der Waals surface area contributed by atoms with E-state index < -0.39 is 24.8 Å². The highest BCUT2D eigenvalue weighted by Gasteiger charge is 2.37. The fraction of sp³-hybridized carbons (Fsp3) is 0.267. The number of carbonyl (C=O) groups excluding carboxylic acids is 2. The highest BCUT2D eigenvalue weighted by Crippen LogP contribution is 2.36. The Balaban J connectivity index is 1.68. The summed E-state index contributed by atoms with van der Waals surface area (Å²) in [7, 11) is -1.30. The van der Waals surface area contributed by atoms with Crippen LogP contribution in [0, 0.1) is 0 Å². The van der Waals surface area contributed by atoms with Gasteiger partial charge < -0.3 is 20.5 Å². The SMILES string of the molecule is NC(=O)c1ncn(CC(=O)C[C@H]2Cc3cccc(C(=O)O)c3OB2O)n1. The van der Waals surface area contributed by atoms with Gasteiger partial charge in [-0.05, 0) is 18.1 Å². The van der Waals surface area contributed by atoms with Gasteiger partial charge in [0.15, 0.2) is 5.78 Å². The minimum Gasteiger partial charge on any atom is -0.535 e. The van der Waals surface area contributed by atoms with E-state index in [0.29, 0.717) is 12.0 Å². The summed E-state index contributed by atoms with van der Waals surface area (Å²) in [5.74, 6) is -2.79. The summed E-state index contributed by atoms with van der Waals surface area (Å²) in [5.41, 5.74) is 5.63. The van der Waals surface area contributed by atoms with Gasteiger partial charge in [0.1, 0.15) is 18.6 Å². The van der Waals surface area contributed by atoms with Crippen molar-refractivity contribution in [2.24, 2.45) is 5.73 Å². The van der Waals surface area contributed by atoms with E-state index in [4.69, 9.17) is 10.4 Å². The number of nitrogens with zero attached hydrogens (tertiary/aromatic N) is 3. The molecule has 26 heavy (non-hydrogen) atoms. The second-order valence-electron chi connectivity index (χ2n) is 5.94. The third kappa shape index (κ3) is 3.57. The fourth-order valence-corrected chi connectivity index (χ4v) is 2.85. The molecule has 0 aliphatic carbocycles. The minimum absolute atomic E-state index is 0.0102. The molecule has 1 atom stereocenters. The van der Waals surface area contributed by atoms with E-state index in [2.05, 4.69) is 10.1 Å². The Morgan fingerprint density at radius 2 is 2.15 bits per heavy atom. The van der Waals surface area contributed by atoms with Crippen LogP contribution < -0.4 is 10.4 Å². The van der Waals surface area contributed by atoms with Gasteiger partial charge in [-0.2, -0.15) is 0 Å². The van der Waals surface area contributed by atoms with Crippen LogP contribution in [0.15, 0.2) is 24.5 Å². The zero-order chi connectivity index (χ0) is 18.8. The number of nitrogens with two attached hydrogens (primary N) is 1. The normalized spacial score (nSPS) is 15.9. The Morgan fingerprint density at radius 1 is 1.38 bits per heavy atom. The number of rotatable bonds is 6. The zero-order valence-corrected chi connectivity index (χ0v) is 13.5. The minimum atomic E-state index is -1.30. The number of carboxylic acids is 1. The van der Waals surface area contributed by atoms with E-state index in [9.17, 15) is 24.5 Å². The maximum Gasteiger partial charge on any atom is 0.526 e. The van der Waals surface area contributed by atoms with E-state index in [1.54, 1.807) is 12.1 Å². The molecule has 0 radical (unpaired) electrons. The van der Waals surface area contributed by atoms with Crippen LogP contribution in [0.1, 0.15) is 33.0 Å². The number of hydrogen-bond acceptors (Lipinski definition) is 7. The van der Waals surface area contributed by atoms with Crippen molar-refractivity contribution in [1.82, 2.24) is 14.8 Å². The summed E-state index contributed by atoms with van der Waals surface area (Å²) in [6.45, 7) is -0.133. The molecule has 2 aromatic rings. The molecule has 1 amide bonds. The van der Waals surface area contributed by atoms with Crippen LogP contribution >= 0.6 is 0 Å². The van der Waals surface area contributed by atoms with E-state index in [-0.39, 0.29) is 35.9 Å². The molecule has 3 rings (SSSR count). The summed E-state index contributed by atoms with van der Waals surface area (Å²) < 4.78 is 6.54. The lowest BCUT2D eigenvalue weighted by Gasteiger charge is -2.27. The van der Waals surface area contributed by atoms with Gasteiger partial charge in [-0.1, -0.05) is 12.1 Å². The van der Waals surface area contributed by atoms with Crippen LogP contribution in [-0.2, 0) is 17.8 Å². The number of aromatic carboxylic acids is 1. The van der Waals surface area contributed by atoms with Gasteiger partial charge in [0, 0.05) is 12.2 Å². The Morgan fingerprint density at radius 3 is 2.81 bits per heavy atom. The van der Waals surface area contributed by atoms with Crippen molar-refractivity contribution in [1.29, 1.82) is 0 Å². The standard InChI is InChI=1S/C15H15BN4O6/c17-13(22)14-18-7-20(19-14)6-10(21)5-9-4-8-2-1-3-11(15(23)24)12(8)26-16(9)25/h1-3,7,9,25H,4-6H2,(H2,17,22)(H,23,24)/t9-/m1/s1. The number of aromatic nitrogens is 3.